The number of amides is 1. The van der Waals surface area contributed by atoms with Crippen molar-refractivity contribution in [2.45, 2.75) is 66.2 Å². The molecule has 1 N–H and O–H groups in total. The van der Waals surface area contributed by atoms with Gasteiger partial charge in [0.15, 0.2) is 0 Å². The number of halogens is 1. The summed E-state index contributed by atoms with van der Waals surface area (Å²) < 4.78 is 14.1. The highest BCUT2D eigenvalue weighted by Gasteiger charge is 2.19. The topological polar surface area (TPSA) is 75.2 Å². The Morgan fingerprint density at radius 2 is 1.68 bits per heavy atom. The molecular formula is C33H41ClN4O2S. The third kappa shape index (κ3) is 8.85. The van der Waals surface area contributed by atoms with Crippen molar-refractivity contribution in [3.63, 3.8) is 0 Å². The highest BCUT2D eigenvalue weighted by molar-refractivity contribution is 7.86. The van der Waals surface area contributed by atoms with Gasteiger partial charge in [0.25, 0.3) is 5.91 Å². The fourth-order valence-corrected chi connectivity index (χ4v) is 5.99. The third-order valence-electron chi connectivity index (χ3n) is 6.56. The molecule has 2 aromatic heterocycles. The van der Waals surface area contributed by atoms with E-state index in [1.54, 1.807) is 36.7 Å². The van der Waals surface area contributed by atoms with Crippen LogP contribution in [0.2, 0.25) is 5.02 Å². The minimum Gasteiger partial charge on any atom is -0.322 e. The van der Waals surface area contributed by atoms with Crippen molar-refractivity contribution < 1.29 is 9.00 Å². The first-order valence-corrected chi connectivity index (χ1v) is 16.2. The van der Waals surface area contributed by atoms with E-state index in [0.29, 0.717) is 27.7 Å². The average Bonchev–Trinajstić information content (AvgIpc) is 3.02. The van der Waals surface area contributed by atoms with Gasteiger partial charge in [-0.25, -0.2) is 4.21 Å². The molecule has 2 aromatic carbocycles. The van der Waals surface area contributed by atoms with E-state index in [1.807, 2.05) is 54.6 Å². The van der Waals surface area contributed by atoms with Gasteiger partial charge in [-0.15, -0.1) is 0 Å². The van der Waals surface area contributed by atoms with Gasteiger partial charge in [0.1, 0.15) is 11.0 Å². The molecule has 41 heavy (non-hydrogen) atoms. The fourth-order valence-electron chi connectivity index (χ4n) is 4.42. The second-order valence-corrected chi connectivity index (χ2v) is 11.4. The van der Waals surface area contributed by atoms with Crippen LogP contribution in [0, 0.1) is 0 Å². The van der Waals surface area contributed by atoms with Crippen LogP contribution in [0.15, 0.2) is 73.1 Å². The Hall–Kier alpha value is -3.29. The molecule has 1 fully saturated rings. The molecule has 218 valence electrons. The fraction of sp³-hybridized carbons (Fsp3) is 0.364. The predicted octanol–water partition coefficient (Wildman–Crippen LogP) is 9.08. The lowest BCUT2D eigenvalue weighted by Crippen LogP contribution is -2.32. The number of unbranched alkanes of at least 4 members (excludes halogenated alkanes) is 3. The van der Waals surface area contributed by atoms with Crippen LogP contribution < -0.4 is 9.62 Å². The van der Waals surface area contributed by atoms with Gasteiger partial charge >= 0.3 is 0 Å². The molecule has 1 atom stereocenters. The first kappa shape index (κ1) is 32.2. The second kappa shape index (κ2) is 16.8. The van der Waals surface area contributed by atoms with Crippen LogP contribution in [0.4, 0.5) is 11.4 Å². The first-order valence-electron chi connectivity index (χ1n) is 14.6. The summed E-state index contributed by atoms with van der Waals surface area (Å²) in [5.41, 5.74) is 4.25. The van der Waals surface area contributed by atoms with Crippen LogP contribution in [-0.4, -0.2) is 32.4 Å². The van der Waals surface area contributed by atoms with E-state index in [-0.39, 0.29) is 5.91 Å². The van der Waals surface area contributed by atoms with E-state index in [9.17, 15) is 9.00 Å². The van der Waals surface area contributed by atoms with E-state index in [0.717, 1.165) is 41.5 Å². The van der Waals surface area contributed by atoms with Gasteiger partial charge in [0.2, 0.25) is 0 Å². The number of hydrogen-bond donors (Lipinski definition) is 1. The molecule has 1 aliphatic rings. The predicted molar refractivity (Wildman–Crippen MR) is 175 cm³/mol. The molecule has 0 spiro atoms. The monoisotopic (exact) mass is 592 g/mol. The lowest BCUT2D eigenvalue weighted by molar-refractivity contribution is 0.102. The zero-order valence-electron chi connectivity index (χ0n) is 24.5. The van der Waals surface area contributed by atoms with Crippen LogP contribution in [-0.2, 0) is 11.0 Å². The minimum absolute atomic E-state index is 0.234. The summed E-state index contributed by atoms with van der Waals surface area (Å²) in [7, 11) is -1.00. The van der Waals surface area contributed by atoms with Gasteiger partial charge in [-0.05, 0) is 73.5 Å². The summed E-state index contributed by atoms with van der Waals surface area (Å²) in [5, 5.41) is 4.36. The van der Waals surface area contributed by atoms with Crippen molar-refractivity contribution in [1.82, 2.24) is 9.97 Å². The normalized spacial score (nSPS) is 14.4. The molecule has 1 saturated heterocycles. The van der Waals surface area contributed by atoms with Crippen LogP contribution >= 0.6 is 11.6 Å². The Morgan fingerprint density at radius 1 is 0.951 bits per heavy atom. The summed E-state index contributed by atoms with van der Waals surface area (Å²) in [6.45, 7) is 9.23. The Labute approximate surface area is 252 Å². The Morgan fingerprint density at radius 3 is 2.37 bits per heavy atom. The maximum absolute atomic E-state index is 12.9. The van der Waals surface area contributed by atoms with E-state index < -0.39 is 11.0 Å². The van der Waals surface area contributed by atoms with E-state index in [2.05, 4.69) is 29.1 Å². The quantitative estimate of drug-likeness (QED) is 0.217. The standard InChI is InChI=1S/C25H21ClN4O2S.C6H14.C2H6/c26-22-10-7-18(16-21(22)24-20-4-3-12-27-23(20)11-13-28-24)29-25(31)17-5-8-19(9-6-17)30-14-1-2-15-33(30)32;1-3-5-6-4-2;1-2/h3-13,16H,1-2,14-15H2,(H,29,31);3-6H2,1-2H3;1-2H3. The van der Waals surface area contributed by atoms with Gasteiger partial charge in [0, 0.05) is 52.6 Å². The second-order valence-electron chi connectivity index (χ2n) is 9.47. The number of rotatable bonds is 7. The molecule has 6 nitrogen and oxygen atoms in total. The average molecular weight is 593 g/mol. The van der Waals surface area contributed by atoms with Crippen molar-refractivity contribution >= 4 is 50.8 Å². The van der Waals surface area contributed by atoms with Crippen LogP contribution in [0.1, 0.15) is 76.6 Å². The molecule has 3 heterocycles. The minimum atomic E-state index is -1.00. The van der Waals surface area contributed by atoms with Crippen molar-refractivity contribution in [2.75, 3.05) is 21.9 Å². The molecule has 0 bridgehead atoms. The number of nitrogens with one attached hydrogen (secondary N) is 1. The molecule has 1 aliphatic heterocycles. The molecule has 1 amide bonds. The SMILES string of the molecule is CC.CCCCCC.O=C(Nc1ccc(Cl)c(-c2nccc3ncccc23)c1)c1ccc(N2CCCCS2=O)cc1. The lowest BCUT2D eigenvalue weighted by Gasteiger charge is -2.27. The first-order chi connectivity index (χ1) is 20.0. The summed E-state index contributed by atoms with van der Waals surface area (Å²) in [4.78, 5) is 21.8. The number of aromatic nitrogens is 2. The largest absolute Gasteiger partial charge is 0.322 e. The maximum atomic E-state index is 12.9. The molecule has 5 rings (SSSR count). The smallest absolute Gasteiger partial charge is 0.255 e. The number of nitrogens with zero attached hydrogens (tertiary/aromatic N) is 3. The zero-order chi connectivity index (χ0) is 29.6. The maximum Gasteiger partial charge on any atom is 0.255 e. The number of anilines is 2. The number of pyridine rings is 2. The number of carbonyl (C=O) groups is 1. The Kier molecular flexibility index (Phi) is 13.2. The molecule has 8 heteroatoms. The third-order valence-corrected chi connectivity index (χ3v) is 8.41. The zero-order valence-corrected chi connectivity index (χ0v) is 26.1. The Bertz CT molecular complexity index is 1420. The van der Waals surface area contributed by atoms with Gasteiger partial charge < -0.3 is 5.32 Å². The summed E-state index contributed by atoms with van der Waals surface area (Å²) in [5.74, 6) is 0.449. The molecule has 0 aliphatic carbocycles. The van der Waals surface area contributed by atoms with Gasteiger partial charge in [-0.1, -0.05) is 65.0 Å². The number of fused-ring (bicyclic) bond motifs is 1. The van der Waals surface area contributed by atoms with Crippen molar-refractivity contribution in [3.8, 4) is 11.3 Å². The molecular weight excluding hydrogens is 552 g/mol. The van der Waals surface area contributed by atoms with E-state index >= 15 is 0 Å². The number of carbonyl (C=O) groups excluding carboxylic acids is 1. The van der Waals surface area contributed by atoms with E-state index in [4.69, 9.17) is 11.6 Å². The molecule has 0 radical (unpaired) electrons. The number of hydrogen-bond acceptors (Lipinski definition) is 4. The van der Waals surface area contributed by atoms with Gasteiger partial charge in [-0.3, -0.25) is 19.1 Å². The molecule has 1 unspecified atom stereocenters. The van der Waals surface area contributed by atoms with Crippen LogP contribution in [0.5, 0.6) is 0 Å². The van der Waals surface area contributed by atoms with E-state index in [1.165, 1.54) is 25.7 Å². The summed E-state index contributed by atoms with van der Waals surface area (Å²) in [6, 6.07) is 18.2. The van der Waals surface area contributed by atoms with Crippen molar-refractivity contribution in [3.05, 3.63) is 83.6 Å². The van der Waals surface area contributed by atoms with Gasteiger partial charge in [-0.2, -0.15) is 0 Å². The van der Waals surface area contributed by atoms with Crippen molar-refractivity contribution in [2.24, 2.45) is 0 Å². The highest BCUT2D eigenvalue weighted by Crippen LogP contribution is 2.33. The lowest BCUT2D eigenvalue weighted by atomic mass is 10.1. The van der Waals surface area contributed by atoms with Gasteiger partial charge in [0.05, 0.1) is 16.2 Å². The Balaban J connectivity index is 0.000000515. The molecule has 4 aromatic rings. The van der Waals surface area contributed by atoms with Crippen molar-refractivity contribution in [1.29, 1.82) is 0 Å². The highest BCUT2D eigenvalue weighted by atomic mass is 35.5. The number of benzene rings is 2. The van der Waals surface area contributed by atoms with Crippen LogP contribution in [0.25, 0.3) is 22.2 Å². The summed E-state index contributed by atoms with van der Waals surface area (Å²) in [6.07, 6.45) is 11.0. The molecule has 0 saturated carbocycles. The summed E-state index contributed by atoms with van der Waals surface area (Å²) >= 11 is 6.49. The van der Waals surface area contributed by atoms with Crippen LogP contribution in [0.3, 0.4) is 0 Å².